The Labute approximate surface area is 146 Å². The Balaban J connectivity index is 1.61. The van der Waals surface area contributed by atoms with E-state index in [1.54, 1.807) is 24.3 Å². The number of ether oxygens (including phenoxy) is 1. The summed E-state index contributed by atoms with van der Waals surface area (Å²) in [6.07, 6.45) is 2.05. The van der Waals surface area contributed by atoms with E-state index >= 15 is 0 Å². The molecule has 0 heterocycles. The van der Waals surface area contributed by atoms with Crippen LogP contribution in [-0.4, -0.2) is 23.4 Å². The molecule has 0 radical (unpaired) electrons. The normalized spacial score (nSPS) is 16.0. The molecule has 0 fully saturated rings. The van der Waals surface area contributed by atoms with Crippen LogP contribution in [0.2, 0.25) is 0 Å². The molecule has 0 unspecified atom stereocenters. The maximum Gasteiger partial charge on any atom is 0.262 e. The quantitative estimate of drug-likeness (QED) is 0.820. The summed E-state index contributed by atoms with van der Waals surface area (Å²) in [7, 11) is 0. The van der Waals surface area contributed by atoms with Gasteiger partial charge in [0.25, 0.3) is 5.91 Å². The summed E-state index contributed by atoms with van der Waals surface area (Å²) in [5, 5.41) is 12.8. The third-order valence-corrected chi connectivity index (χ3v) is 4.37. The van der Waals surface area contributed by atoms with E-state index in [0.29, 0.717) is 17.0 Å². The van der Waals surface area contributed by atoms with E-state index in [4.69, 9.17) is 4.74 Å². The van der Waals surface area contributed by atoms with E-state index in [1.807, 2.05) is 18.2 Å². The van der Waals surface area contributed by atoms with Gasteiger partial charge in [-0.1, -0.05) is 12.1 Å². The van der Waals surface area contributed by atoms with Gasteiger partial charge in [0.2, 0.25) is 0 Å². The molecule has 2 aromatic rings. The third kappa shape index (κ3) is 4.06. The van der Waals surface area contributed by atoms with Crippen molar-refractivity contribution in [1.82, 2.24) is 0 Å². The Hall–Kier alpha value is -2.66. The first-order chi connectivity index (χ1) is 12.0. The largest absolute Gasteiger partial charge is 0.483 e. The molecule has 0 aliphatic heterocycles. The monoisotopic (exact) mass is 339 g/mol. The molecule has 5 nitrogen and oxygen atoms in total. The number of carbonyl (C=O) groups excluding carboxylic acids is 2. The highest BCUT2D eigenvalue weighted by atomic mass is 16.5. The van der Waals surface area contributed by atoms with E-state index in [1.165, 1.54) is 6.92 Å². The van der Waals surface area contributed by atoms with Crippen molar-refractivity contribution in [2.24, 2.45) is 0 Å². The standard InChI is InChI=1S/C20H21NO4/c1-13(22)14-8-10-15(11-9-14)21-20(24)12-25-19-7-3-4-16-17(19)5-2-6-18(16)23/h3-4,7-11,18,23H,2,5-6,12H2,1H3,(H,21,24)/t18-/m1/s1. The van der Waals surface area contributed by atoms with Crippen molar-refractivity contribution in [2.45, 2.75) is 32.3 Å². The second-order valence-corrected chi connectivity index (χ2v) is 6.20. The van der Waals surface area contributed by atoms with E-state index in [2.05, 4.69) is 5.32 Å². The molecule has 1 atom stereocenters. The van der Waals surface area contributed by atoms with Crippen LogP contribution in [0.25, 0.3) is 0 Å². The van der Waals surface area contributed by atoms with Gasteiger partial charge in [0.1, 0.15) is 5.75 Å². The lowest BCUT2D eigenvalue weighted by molar-refractivity contribution is -0.118. The molecule has 130 valence electrons. The first-order valence-electron chi connectivity index (χ1n) is 8.38. The Kier molecular flexibility index (Phi) is 5.14. The van der Waals surface area contributed by atoms with Gasteiger partial charge in [-0.15, -0.1) is 0 Å². The number of aliphatic hydroxyl groups excluding tert-OH is 1. The van der Waals surface area contributed by atoms with Crippen molar-refractivity contribution in [3.8, 4) is 5.75 Å². The zero-order chi connectivity index (χ0) is 17.8. The smallest absolute Gasteiger partial charge is 0.262 e. The summed E-state index contributed by atoms with van der Waals surface area (Å²) in [6, 6.07) is 12.3. The first-order valence-corrected chi connectivity index (χ1v) is 8.38. The van der Waals surface area contributed by atoms with Crippen molar-refractivity contribution in [2.75, 3.05) is 11.9 Å². The van der Waals surface area contributed by atoms with Gasteiger partial charge in [0.05, 0.1) is 6.10 Å². The fraction of sp³-hybridized carbons (Fsp3) is 0.300. The number of fused-ring (bicyclic) bond motifs is 1. The van der Waals surface area contributed by atoms with Crippen molar-refractivity contribution in [1.29, 1.82) is 0 Å². The first kappa shape index (κ1) is 17.2. The van der Waals surface area contributed by atoms with Crippen LogP contribution < -0.4 is 10.1 Å². The average molecular weight is 339 g/mol. The van der Waals surface area contributed by atoms with Gasteiger partial charge < -0.3 is 15.2 Å². The van der Waals surface area contributed by atoms with Crippen LogP contribution >= 0.6 is 0 Å². The summed E-state index contributed by atoms with van der Waals surface area (Å²) in [5.74, 6) is 0.361. The number of hydrogen-bond acceptors (Lipinski definition) is 4. The van der Waals surface area contributed by atoms with E-state index in [9.17, 15) is 14.7 Å². The van der Waals surface area contributed by atoms with Crippen LogP contribution in [0.1, 0.15) is 47.4 Å². The van der Waals surface area contributed by atoms with Gasteiger partial charge >= 0.3 is 0 Å². The van der Waals surface area contributed by atoms with Gasteiger partial charge in [-0.25, -0.2) is 0 Å². The minimum absolute atomic E-state index is 0.0164. The van der Waals surface area contributed by atoms with Crippen LogP contribution in [-0.2, 0) is 11.2 Å². The van der Waals surface area contributed by atoms with Crippen LogP contribution in [0.15, 0.2) is 42.5 Å². The molecule has 2 aromatic carbocycles. The number of aliphatic hydroxyl groups is 1. The zero-order valence-corrected chi connectivity index (χ0v) is 14.1. The van der Waals surface area contributed by atoms with Crippen molar-refractivity contribution < 1.29 is 19.4 Å². The summed E-state index contributed by atoms with van der Waals surface area (Å²) < 4.78 is 5.67. The Morgan fingerprint density at radius 3 is 2.68 bits per heavy atom. The Bertz CT molecular complexity index is 783. The fourth-order valence-electron chi connectivity index (χ4n) is 3.05. The summed E-state index contributed by atoms with van der Waals surface area (Å²) >= 11 is 0. The number of carbonyl (C=O) groups is 2. The van der Waals surface area contributed by atoms with Gasteiger partial charge in [0.15, 0.2) is 12.4 Å². The minimum atomic E-state index is -0.457. The van der Waals surface area contributed by atoms with E-state index in [-0.39, 0.29) is 18.3 Å². The second-order valence-electron chi connectivity index (χ2n) is 6.20. The molecule has 2 N–H and O–H groups in total. The summed E-state index contributed by atoms with van der Waals surface area (Å²) in [5.41, 5.74) is 3.09. The number of benzene rings is 2. The van der Waals surface area contributed by atoms with Crippen LogP contribution in [0.4, 0.5) is 5.69 Å². The molecule has 3 rings (SSSR count). The lowest BCUT2D eigenvalue weighted by Gasteiger charge is -2.23. The molecule has 25 heavy (non-hydrogen) atoms. The number of hydrogen-bond donors (Lipinski definition) is 2. The summed E-state index contributed by atoms with van der Waals surface area (Å²) in [6.45, 7) is 1.39. The van der Waals surface area contributed by atoms with Crippen molar-refractivity contribution in [3.05, 3.63) is 59.2 Å². The predicted octanol–water partition coefficient (Wildman–Crippen LogP) is 3.28. The highest BCUT2D eigenvalue weighted by molar-refractivity contribution is 5.95. The van der Waals surface area contributed by atoms with Gasteiger partial charge in [-0.2, -0.15) is 0 Å². The SMILES string of the molecule is CC(=O)c1ccc(NC(=O)COc2cccc3c2CCC[C@H]3O)cc1. The van der Waals surface area contributed by atoms with Gasteiger partial charge in [-0.05, 0) is 67.6 Å². The molecule has 1 aliphatic carbocycles. The highest BCUT2D eigenvalue weighted by Gasteiger charge is 2.21. The molecular formula is C20H21NO4. The molecule has 0 aromatic heterocycles. The Morgan fingerprint density at radius 2 is 1.96 bits per heavy atom. The number of amides is 1. The van der Waals surface area contributed by atoms with Crippen molar-refractivity contribution >= 4 is 17.4 Å². The maximum atomic E-state index is 12.1. The lowest BCUT2D eigenvalue weighted by atomic mass is 9.89. The van der Waals surface area contributed by atoms with E-state index < -0.39 is 6.10 Å². The van der Waals surface area contributed by atoms with Crippen LogP contribution in [0.5, 0.6) is 5.75 Å². The summed E-state index contributed by atoms with van der Waals surface area (Å²) in [4.78, 5) is 23.3. The molecule has 0 saturated heterocycles. The van der Waals surface area contributed by atoms with Crippen molar-refractivity contribution in [3.63, 3.8) is 0 Å². The molecule has 1 aliphatic rings. The van der Waals surface area contributed by atoms with E-state index in [0.717, 1.165) is 30.4 Å². The molecule has 0 bridgehead atoms. The molecular weight excluding hydrogens is 318 g/mol. The van der Waals surface area contributed by atoms with Crippen LogP contribution in [0, 0.1) is 0 Å². The zero-order valence-electron chi connectivity index (χ0n) is 14.1. The number of rotatable bonds is 5. The fourth-order valence-corrected chi connectivity index (χ4v) is 3.05. The molecule has 5 heteroatoms. The Morgan fingerprint density at radius 1 is 1.20 bits per heavy atom. The topological polar surface area (TPSA) is 75.6 Å². The molecule has 0 saturated carbocycles. The average Bonchev–Trinajstić information content (AvgIpc) is 2.61. The molecule has 0 spiro atoms. The third-order valence-electron chi connectivity index (χ3n) is 4.37. The second kappa shape index (κ2) is 7.49. The maximum absolute atomic E-state index is 12.1. The minimum Gasteiger partial charge on any atom is -0.483 e. The van der Waals surface area contributed by atoms with Crippen LogP contribution in [0.3, 0.4) is 0 Å². The van der Waals surface area contributed by atoms with Gasteiger partial charge in [0, 0.05) is 11.3 Å². The molecule has 1 amide bonds. The van der Waals surface area contributed by atoms with Gasteiger partial charge in [-0.3, -0.25) is 9.59 Å². The highest BCUT2D eigenvalue weighted by Crippen LogP contribution is 2.35. The number of nitrogens with one attached hydrogen (secondary N) is 1. The number of anilines is 1. The number of Topliss-reactive ketones (excluding diaryl/α,β-unsaturated/α-hetero) is 1. The lowest BCUT2D eigenvalue weighted by Crippen LogP contribution is -2.21. The predicted molar refractivity (Wildman–Crippen MR) is 94.9 cm³/mol. The number of ketones is 1.